The van der Waals surface area contributed by atoms with Crippen LogP contribution < -0.4 is 20.5 Å². The number of rotatable bonds is 5. The molecular formula is C17H20N4O4S. The van der Waals surface area contributed by atoms with E-state index in [0.717, 1.165) is 16.8 Å². The zero-order chi connectivity index (χ0) is 18.8. The van der Waals surface area contributed by atoms with Crippen molar-refractivity contribution in [3.63, 3.8) is 0 Å². The van der Waals surface area contributed by atoms with Crippen molar-refractivity contribution in [3.8, 4) is 11.5 Å². The lowest BCUT2D eigenvalue weighted by molar-refractivity contribution is -0.120. The highest BCUT2D eigenvalue weighted by molar-refractivity contribution is 8.01. The molecule has 4 N–H and O–H groups in total. The molecule has 138 valence electrons. The van der Waals surface area contributed by atoms with Crippen molar-refractivity contribution in [2.75, 3.05) is 19.0 Å². The van der Waals surface area contributed by atoms with Gasteiger partial charge >= 0.3 is 0 Å². The zero-order valence-electron chi connectivity index (χ0n) is 14.7. The van der Waals surface area contributed by atoms with Crippen LogP contribution in [0.1, 0.15) is 29.0 Å². The van der Waals surface area contributed by atoms with Gasteiger partial charge in [-0.25, -0.2) is 0 Å². The third kappa shape index (κ3) is 3.48. The van der Waals surface area contributed by atoms with Crippen LogP contribution in [0.25, 0.3) is 0 Å². The number of nitrogens with one attached hydrogen (secondary N) is 2. The van der Waals surface area contributed by atoms with Crippen LogP contribution in [0.4, 0.5) is 5.82 Å². The molecule has 26 heavy (non-hydrogen) atoms. The number of aromatic nitrogens is 2. The molecular weight excluding hydrogens is 356 g/mol. The summed E-state index contributed by atoms with van der Waals surface area (Å²) in [5, 5.41) is 9.63. The number of fused-ring (bicyclic) bond motifs is 1. The summed E-state index contributed by atoms with van der Waals surface area (Å²) in [5.41, 5.74) is 7.88. The van der Waals surface area contributed by atoms with Gasteiger partial charge in [0.25, 0.3) is 5.91 Å². The first-order valence-electron chi connectivity index (χ1n) is 8.01. The van der Waals surface area contributed by atoms with E-state index >= 15 is 0 Å². The number of amides is 2. The summed E-state index contributed by atoms with van der Waals surface area (Å²) in [6.45, 7) is 3.55. The second kappa shape index (κ2) is 7.28. The summed E-state index contributed by atoms with van der Waals surface area (Å²) in [4.78, 5) is 23.2. The first kappa shape index (κ1) is 18.1. The quantitative estimate of drug-likeness (QED) is 0.731. The highest BCUT2D eigenvalue weighted by atomic mass is 32.2. The number of methoxy groups -OCH3 is 1. The average Bonchev–Trinajstić information content (AvgIpc) is 2.91. The summed E-state index contributed by atoms with van der Waals surface area (Å²) < 4.78 is 10.8. The highest BCUT2D eigenvalue weighted by Crippen LogP contribution is 2.46. The van der Waals surface area contributed by atoms with Crippen LogP contribution in [0, 0.1) is 6.92 Å². The molecule has 8 nitrogen and oxygen atoms in total. The van der Waals surface area contributed by atoms with Crippen LogP contribution in [-0.2, 0) is 9.59 Å². The van der Waals surface area contributed by atoms with Gasteiger partial charge in [0.15, 0.2) is 23.9 Å². The third-order valence-electron chi connectivity index (χ3n) is 4.07. The summed E-state index contributed by atoms with van der Waals surface area (Å²) in [6.07, 6.45) is 0. The molecule has 0 bridgehead atoms. The van der Waals surface area contributed by atoms with Crippen molar-refractivity contribution >= 4 is 29.4 Å². The molecule has 0 radical (unpaired) electrons. The van der Waals surface area contributed by atoms with E-state index in [0.29, 0.717) is 17.3 Å². The molecule has 2 heterocycles. The smallest absolute Gasteiger partial charge is 0.255 e. The molecule has 1 aromatic heterocycles. The summed E-state index contributed by atoms with van der Waals surface area (Å²) in [7, 11) is 1.53. The van der Waals surface area contributed by atoms with Crippen LogP contribution in [-0.4, -0.2) is 41.0 Å². The monoisotopic (exact) mass is 376 g/mol. The maximum absolute atomic E-state index is 12.2. The topological polar surface area (TPSA) is 119 Å². The molecule has 0 unspecified atom stereocenters. The van der Waals surface area contributed by atoms with Gasteiger partial charge in [0, 0.05) is 11.3 Å². The fourth-order valence-corrected chi connectivity index (χ4v) is 4.09. The van der Waals surface area contributed by atoms with E-state index in [1.807, 2.05) is 26.0 Å². The van der Waals surface area contributed by atoms with Gasteiger partial charge in [0.2, 0.25) is 5.91 Å². The predicted octanol–water partition coefficient (Wildman–Crippen LogP) is 1.75. The zero-order valence-corrected chi connectivity index (χ0v) is 15.5. The minimum absolute atomic E-state index is 0.0846. The average molecular weight is 376 g/mol. The fraction of sp³-hybridized carbons (Fsp3) is 0.353. The van der Waals surface area contributed by atoms with E-state index < -0.39 is 5.91 Å². The normalized spacial score (nSPS) is 19.3. The van der Waals surface area contributed by atoms with Crippen molar-refractivity contribution < 1.29 is 19.1 Å². The molecule has 1 aromatic carbocycles. The number of hydrogen-bond donors (Lipinski definition) is 3. The number of anilines is 1. The van der Waals surface area contributed by atoms with Crippen molar-refractivity contribution in [1.82, 2.24) is 10.2 Å². The number of hydrogen-bond acceptors (Lipinski definition) is 6. The second-order valence-electron chi connectivity index (χ2n) is 5.92. The number of thioether (sulfide) groups is 1. The molecule has 1 aliphatic rings. The van der Waals surface area contributed by atoms with Gasteiger partial charge in [0.05, 0.1) is 17.6 Å². The van der Waals surface area contributed by atoms with Gasteiger partial charge < -0.3 is 20.5 Å². The first-order chi connectivity index (χ1) is 12.4. The van der Waals surface area contributed by atoms with Gasteiger partial charge in [-0.05, 0) is 31.5 Å². The Morgan fingerprint density at radius 3 is 2.85 bits per heavy atom. The van der Waals surface area contributed by atoms with E-state index in [2.05, 4.69) is 15.5 Å². The highest BCUT2D eigenvalue weighted by Gasteiger charge is 2.32. The maximum Gasteiger partial charge on any atom is 0.255 e. The van der Waals surface area contributed by atoms with Crippen molar-refractivity contribution in [3.05, 3.63) is 35.0 Å². The summed E-state index contributed by atoms with van der Waals surface area (Å²) in [5.74, 6) is 0.817. The predicted molar refractivity (Wildman–Crippen MR) is 98.5 cm³/mol. The van der Waals surface area contributed by atoms with Gasteiger partial charge in [-0.3, -0.25) is 14.7 Å². The SMILES string of the molecule is COc1cc([C@H]2S[C@@H](C)C(=O)Nc3n[nH]c(C)c32)ccc1OCC(N)=O. The molecule has 2 atom stereocenters. The number of benzene rings is 1. The molecule has 0 fully saturated rings. The number of aryl methyl sites for hydroxylation is 1. The van der Waals surface area contributed by atoms with Crippen molar-refractivity contribution in [1.29, 1.82) is 0 Å². The number of nitrogens with two attached hydrogens (primary N) is 1. The molecule has 2 amide bonds. The molecule has 1 aliphatic heterocycles. The number of nitrogens with zero attached hydrogens (tertiary/aromatic N) is 1. The number of ether oxygens (including phenoxy) is 2. The lowest BCUT2D eigenvalue weighted by atomic mass is 10.0. The van der Waals surface area contributed by atoms with E-state index in [1.54, 1.807) is 6.07 Å². The van der Waals surface area contributed by atoms with Crippen LogP contribution in [0.15, 0.2) is 18.2 Å². The minimum Gasteiger partial charge on any atom is -0.493 e. The summed E-state index contributed by atoms with van der Waals surface area (Å²) >= 11 is 1.53. The maximum atomic E-state index is 12.2. The molecule has 0 spiro atoms. The van der Waals surface area contributed by atoms with Crippen LogP contribution in [0.2, 0.25) is 0 Å². The Labute approximate surface area is 154 Å². The molecule has 0 saturated carbocycles. The van der Waals surface area contributed by atoms with Gasteiger partial charge in [0.1, 0.15) is 0 Å². The van der Waals surface area contributed by atoms with Crippen LogP contribution in [0.5, 0.6) is 11.5 Å². The second-order valence-corrected chi connectivity index (χ2v) is 7.37. The number of carbonyl (C=O) groups is 2. The molecule has 2 aromatic rings. The molecule has 0 saturated heterocycles. The fourth-order valence-electron chi connectivity index (χ4n) is 2.77. The number of carbonyl (C=O) groups excluding carboxylic acids is 2. The molecule has 3 rings (SSSR count). The lowest BCUT2D eigenvalue weighted by Crippen LogP contribution is -2.21. The molecule has 0 aliphatic carbocycles. The standard InChI is InChI=1S/C17H20N4O4S/c1-8-14-15(26-9(2)17(23)19-16(14)21-20-8)10-4-5-11(12(6-10)24-3)25-7-13(18)22/h4-6,9,15H,7H2,1-3H3,(H2,18,22)(H2,19,20,21,23)/t9-,15+/m0/s1. The van der Waals surface area contributed by atoms with Gasteiger partial charge in [-0.2, -0.15) is 5.10 Å². The van der Waals surface area contributed by atoms with Crippen LogP contribution >= 0.6 is 11.8 Å². The van der Waals surface area contributed by atoms with Gasteiger partial charge in [-0.1, -0.05) is 6.07 Å². The Hall–Kier alpha value is -2.68. The minimum atomic E-state index is -0.562. The lowest BCUT2D eigenvalue weighted by Gasteiger charge is -2.19. The Kier molecular flexibility index (Phi) is 5.08. The number of H-pyrrole nitrogens is 1. The Bertz CT molecular complexity index is 851. The third-order valence-corrected chi connectivity index (χ3v) is 5.47. The Morgan fingerprint density at radius 1 is 1.38 bits per heavy atom. The van der Waals surface area contributed by atoms with E-state index in [1.165, 1.54) is 18.9 Å². The summed E-state index contributed by atoms with van der Waals surface area (Å²) in [6, 6.07) is 5.46. The first-order valence-corrected chi connectivity index (χ1v) is 8.95. The van der Waals surface area contributed by atoms with E-state index in [-0.39, 0.29) is 23.0 Å². The van der Waals surface area contributed by atoms with E-state index in [4.69, 9.17) is 15.2 Å². The van der Waals surface area contributed by atoms with Crippen molar-refractivity contribution in [2.24, 2.45) is 5.73 Å². The Morgan fingerprint density at radius 2 is 2.15 bits per heavy atom. The number of aromatic amines is 1. The Balaban J connectivity index is 2.00. The number of primary amides is 1. The van der Waals surface area contributed by atoms with Gasteiger partial charge in [-0.15, -0.1) is 11.8 Å². The molecule has 9 heteroatoms. The van der Waals surface area contributed by atoms with Crippen molar-refractivity contribution in [2.45, 2.75) is 24.3 Å². The van der Waals surface area contributed by atoms with Crippen LogP contribution in [0.3, 0.4) is 0 Å². The van der Waals surface area contributed by atoms with E-state index in [9.17, 15) is 9.59 Å². The largest absolute Gasteiger partial charge is 0.493 e.